The normalized spacial score (nSPS) is 20.1. The molecule has 1 aromatic rings. The molecule has 1 atom stereocenters. The third-order valence-electron chi connectivity index (χ3n) is 2.75. The number of hydrogen-bond donors (Lipinski definition) is 1. The Morgan fingerprint density at radius 1 is 1.53 bits per heavy atom. The van der Waals surface area contributed by atoms with Crippen LogP contribution in [0.2, 0.25) is 0 Å². The molecule has 1 aromatic carbocycles. The van der Waals surface area contributed by atoms with Gasteiger partial charge in [0.25, 0.3) is 0 Å². The van der Waals surface area contributed by atoms with E-state index in [1.807, 2.05) is 0 Å². The zero-order valence-electron chi connectivity index (χ0n) is 8.92. The number of nitrogens with two attached hydrogens (primary N) is 1. The van der Waals surface area contributed by atoms with Gasteiger partial charge in [0.15, 0.2) is 0 Å². The first kappa shape index (κ1) is 12.8. The van der Waals surface area contributed by atoms with Crippen LogP contribution in [0.4, 0.5) is 15.8 Å². The highest BCUT2D eigenvalue weighted by molar-refractivity contribution is 9.10. The molecule has 1 heterocycles. The number of nitrogens with zero attached hydrogens (tertiary/aromatic N) is 1. The molecular weight excluding hydrogens is 355 g/mol. The highest BCUT2D eigenvalue weighted by atomic mass is 79.9. The fourth-order valence-electron chi connectivity index (χ4n) is 1.97. The molecule has 0 aliphatic carbocycles. The second-order valence-corrected chi connectivity index (χ2v) is 5.62. The topological polar surface area (TPSA) is 46.3 Å². The Kier molecular flexibility index (Phi) is 3.73. The largest absolute Gasteiger partial charge is 0.397 e. The number of hydrogen-bond acceptors (Lipinski definition) is 2. The van der Waals surface area contributed by atoms with Crippen molar-refractivity contribution in [1.82, 2.24) is 0 Å². The lowest BCUT2D eigenvalue weighted by atomic mass is 10.2. The Balaban J connectivity index is 2.38. The molecule has 1 aliphatic heterocycles. The maximum absolute atomic E-state index is 13.9. The van der Waals surface area contributed by atoms with Crippen LogP contribution in [0.5, 0.6) is 0 Å². The number of anilines is 2. The monoisotopic (exact) mass is 364 g/mol. The predicted octanol–water partition coefficient (Wildman–Crippen LogP) is 2.92. The van der Waals surface area contributed by atoms with Gasteiger partial charge in [0, 0.05) is 22.8 Å². The fraction of sp³-hybridized carbons (Fsp3) is 0.364. The van der Waals surface area contributed by atoms with Crippen LogP contribution in [0.1, 0.15) is 6.42 Å². The van der Waals surface area contributed by atoms with Gasteiger partial charge >= 0.3 is 0 Å². The Morgan fingerprint density at radius 3 is 2.76 bits per heavy atom. The fourth-order valence-corrected chi connectivity index (χ4v) is 2.85. The van der Waals surface area contributed by atoms with Gasteiger partial charge in [-0.15, -0.1) is 0 Å². The molecule has 2 N–H and O–H groups in total. The number of rotatable bonds is 2. The molecule has 0 aromatic heterocycles. The second-order valence-electron chi connectivity index (χ2n) is 4.05. The lowest BCUT2D eigenvalue weighted by molar-refractivity contribution is -0.117. The van der Waals surface area contributed by atoms with E-state index in [2.05, 4.69) is 31.9 Å². The van der Waals surface area contributed by atoms with E-state index in [-0.39, 0.29) is 23.2 Å². The smallest absolute Gasteiger partial charge is 0.227 e. The van der Waals surface area contributed by atoms with Crippen LogP contribution >= 0.6 is 31.9 Å². The molecule has 1 saturated heterocycles. The van der Waals surface area contributed by atoms with Crippen molar-refractivity contribution >= 4 is 49.1 Å². The minimum Gasteiger partial charge on any atom is -0.397 e. The van der Waals surface area contributed by atoms with Gasteiger partial charge < -0.3 is 10.6 Å². The van der Waals surface area contributed by atoms with Crippen molar-refractivity contribution < 1.29 is 9.18 Å². The molecule has 6 heteroatoms. The van der Waals surface area contributed by atoms with E-state index >= 15 is 0 Å². The SMILES string of the molecule is Nc1cc(Br)cc(F)c1N1CC(CBr)CC1=O. The predicted molar refractivity (Wildman–Crippen MR) is 72.8 cm³/mol. The maximum Gasteiger partial charge on any atom is 0.227 e. The van der Waals surface area contributed by atoms with Crippen LogP contribution in [0.3, 0.4) is 0 Å². The van der Waals surface area contributed by atoms with Crippen LogP contribution in [0.15, 0.2) is 16.6 Å². The average Bonchev–Trinajstić information content (AvgIpc) is 2.59. The second kappa shape index (κ2) is 4.94. The van der Waals surface area contributed by atoms with Gasteiger partial charge in [-0.05, 0) is 18.1 Å². The van der Waals surface area contributed by atoms with E-state index in [0.717, 1.165) is 5.33 Å². The molecule has 17 heavy (non-hydrogen) atoms. The summed E-state index contributed by atoms with van der Waals surface area (Å²) in [4.78, 5) is 13.2. The van der Waals surface area contributed by atoms with Crippen LogP contribution in [-0.2, 0) is 4.79 Å². The van der Waals surface area contributed by atoms with Crippen LogP contribution in [-0.4, -0.2) is 17.8 Å². The highest BCUT2D eigenvalue weighted by Crippen LogP contribution is 2.34. The van der Waals surface area contributed by atoms with Gasteiger partial charge in [0.05, 0.1) is 5.69 Å². The number of alkyl halides is 1. The molecule has 1 fully saturated rings. The summed E-state index contributed by atoms with van der Waals surface area (Å²) < 4.78 is 14.4. The first-order chi connectivity index (χ1) is 8.02. The van der Waals surface area contributed by atoms with Gasteiger partial charge in [-0.3, -0.25) is 4.79 Å². The Hall–Kier alpha value is -0.620. The van der Waals surface area contributed by atoms with E-state index < -0.39 is 5.82 Å². The van der Waals surface area contributed by atoms with E-state index in [1.165, 1.54) is 11.0 Å². The third kappa shape index (κ3) is 2.47. The first-order valence-electron chi connectivity index (χ1n) is 5.13. The lowest BCUT2D eigenvalue weighted by Gasteiger charge is -2.19. The van der Waals surface area contributed by atoms with E-state index in [4.69, 9.17) is 5.73 Å². The number of halogens is 3. The zero-order chi connectivity index (χ0) is 12.6. The molecule has 1 aliphatic rings. The minimum absolute atomic E-state index is 0.0811. The quantitative estimate of drug-likeness (QED) is 0.647. The minimum atomic E-state index is -0.472. The van der Waals surface area contributed by atoms with Crippen LogP contribution < -0.4 is 10.6 Å². The van der Waals surface area contributed by atoms with Crippen molar-refractivity contribution in [3.05, 3.63) is 22.4 Å². The summed E-state index contributed by atoms with van der Waals surface area (Å²) >= 11 is 6.51. The number of benzene rings is 1. The molecule has 1 amide bonds. The molecule has 0 saturated carbocycles. The van der Waals surface area contributed by atoms with Crippen molar-refractivity contribution in [2.45, 2.75) is 6.42 Å². The molecule has 92 valence electrons. The van der Waals surface area contributed by atoms with Gasteiger partial charge in [-0.1, -0.05) is 31.9 Å². The number of carbonyl (C=O) groups excluding carboxylic acids is 1. The lowest BCUT2D eigenvalue weighted by Crippen LogP contribution is -2.26. The summed E-state index contributed by atoms with van der Waals surface area (Å²) in [7, 11) is 0. The molecular formula is C11H11Br2FN2O. The van der Waals surface area contributed by atoms with Crippen molar-refractivity contribution in [2.24, 2.45) is 5.92 Å². The zero-order valence-corrected chi connectivity index (χ0v) is 12.1. The van der Waals surface area contributed by atoms with Crippen LogP contribution in [0, 0.1) is 11.7 Å². The summed E-state index contributed by atoms with van der Waals surface area (Å²) in [5.41, 5.74) is 6.25. The molecule has 0 radical (unpaired) electrons. The summed E-state index contributed by atoms with van der Waals surface area (Å²) in [6.07, 6.45) is 0.431. The summed E-state index contributed by atoms with van der Waals surface area (Å²) in [6.45, 7) is 0.507. The third-order valence-corrected chi connectivity index (χ3v) is 4.12. The summed E-state index contributed by atoms with van der Waals surface area (Å²) in [6, 6.07) is 2.92. The first-order valence-corrected chi connectivity index (χ1v) is 7.05. The van der Waals surface area contributed by atoms with Gasteiger partial charge in [0.2, 0.25) is 5.91 Å². The number of carbonyl (C=O) groups is 1. The molecule has 1 unspecified atom stereocenters. The Bertz CT molecular complexity index is 444. The van der Waals surface area contributed by atoms with Crippen LogP contribution in [0.25, 0.3) is 0 Å². The summed E-state index contributed by atoms with van der Waals surface area (Å²) in [5.74, 6) is -0.340. The number of amides is 1. The molecule has 0 bridgehead atoms. The van der Waals surface area contributed by atoms with Gasteiger partial charge in [-0.25, -0.2) is 4.39 Å². The molecule has 2 rings (SSSR count). The summed E-state index contributed by atoms with van der Waals surface area (Å²) in [5, 5.41) is 0.729. The molecule has 0 spiro atoms. The van der Waals surface area contributed by atoms with E-state index in [1.54, 1.807) is 6.07 Å². The van der Waals surface area contributed by atoms with E-state index in [0.29, 0.717) is 17.4 Å². The van der Waals surface area contributed by atoms with Crippen molar-refractivity contribution in [2.75, 3.05) is 22.5 Å². The van der Waals surface area contributed by atoms with Gasteiger partial charge in [0.1, 0.15) is 11.5 Å². The standard InChI is InChI=1S/C11H11Br2FN2O/c12-4-6-1-10(17)16(5-6)11-8(14)2-7(13)3-9(11)15/h2-3,6H,1,4-5,15H2. The van der Waals surface area contributed by atoms with Crippen molar-refractivity contribution in [1.29, 1.82) is 0 Å². The van der Waals surface area contributed by atoms with Gasteiger partial charge in [-0.2, -0.15) is 0 Å². The maximum atomic E-state index is 13.9. The molecule has 3 nitrogen and oxygen atoms in total. The number of nitrogen functional groups attached to an aromatic ring is 1. The highest BCUT2D eigenvalue weighted by Gasteiger charge is 2.32. The average molecular weight is 366 g/mol. The van der Waals surface area contributed by atoms with E-state index in [9.17, 15) is 9.18 Å². The Morgan fingerprint density at radius 2 is 2.24 bits per heavy atom. The van der Waals surface area contributed by atoms with Crippen molar-refractivity contribution in [3.8, 4) is 0 Å². The Labute approximate surface area is 115 Å². The van der Waals surface area contributed by atoms with Crippen molar-refractivity contribution in [3.63, 3.8) is 0 Å².